The number of nitrogens with zero attached hydrogens (tertiary/aromatic N) is 1. The molecular formula is C24H19ClN2O7. The number of imide groups is 1. The van der Waals surface area contributed by atoms with Crippen LogP contribution in [0.3, 0.4) is 0 Å². The van der Waals surface area contributed by atoms with Gasteiger partial charge < -0.3 is 19.2 Å². The van der Waals surface area contributed by atoms with Crippen molar-refractivity contribution < 1.29 is 33.1 Å². The van der Waals surface area contributed by atoms with Crippen LogP contribution in [0.1, 0.15) is 43.8 Å². The maximum atomic E-state index is 12.8. The second-order valence-corrected chi connectivity index (χ2v) is 7.85. The third-order valence-corrected chi connectivity index (χ3v) is 5.41. The first-order valence-electron chi connectivity index (χ1n) is 10.2. The first-order chi connectivity index (χ1) is 16.3. The van der Waals surface area contributed by atoms with E-state index in [4.69, 9.17) is 25.5 Å². The van der Waals surface area contributed by atoms with Crippen LogP contribution in [0.25, 0.3) is 0 Å². The maximum Gasteiger partial charge on any atom is 0.338 e. The smallest absolute Gasteiger partial charge is 0.338 e. The highest BCUT2D eigenvalue weighted by molar-refractivity contribution is 6.31. The van der Waals surface area contributed by atoms with Crippen LogP contribution in [0.15, 0.2) is 59.2 Å². The number of carbonyl (C=O) groups is 4. The van der Waals surface area contributed by atoms with Crippen molar-refractivity contribution in [2.75, 3.05) is 12.4 Å². The highest BCUT2D eigenvalue weighted by Gasteiger charge is 2.36. The molecule has 9 nitrogen and oxygen atoms in total. The second-order valence-electron chi connectivity index (χ2n) is 7.42. The van der Waals surface area contributed by atoms with Crippen molar-refractivity contribution in [2.24, 2.45) is 0 Å². The predicted molar refractivity (Wildman–Crippen MR) is 121 cm³/mol. The van der Waals surface area contributed by atoms with Gasteiger partial charge in [-0.05, 0) is 55.5 Å². The van der Waals surface area contributed by atoms with E-state index in [1.165, 1.54) is 44.6 Å². The summed E-state index contributed by atoms with van der Waals surface area (Å²) < 4.78 is 15.7. The van der Waals surface area contributed by atoms with Crippen molar-refractivity contribution in [2.45, 2.75) is 19.6 Å². The molecule has 1 atom stereocenters. The summed E-state index contributed by atoms with van der Waals surface area (Å²) in [5, 5.41) is 2.99. The molecule has 0 saturated heterocycles. The molecule has 34 heavy (non-hydrogen) atoms. The van der Waals surface area contributed by atoms with E-state index in [0.29, 0.717) is 22.2 Å². The molecule has 174 valence electrons. The molecule has 1 aromatic heterocycles. The van der Waals surface area contributed by atoms with Crippen molar-refractivity contribution in [3.8, 4) is 5.75 Å². The van der Waals surface area contributed by atoms with Crippen LogP contribution in [0.4, 0.5) is 5.69 Å². The first kappa shape index (κ1) is 23.1. The van der Waals surface area contributed by atoms with E-state index >= 15 is 0 Å². The van der Waals surface area contributed by atoms with Gasteiger partial charge in [-0.2, -0.15) is 0 Å². The van der Waals surface area contributed by atoms with Crippen molar-refractivity contribution >= 4 is 41.0 Å². The van der Waals surface area contributed by atoms with E-state index in [-0.39, 0.29) is 23.2 Å². The molecule has 3 amide bonds. The van der Waals surface area contributed by atoms with Gasteiger partial charge >= 0.3 is 5.97 Å². The fourth-order valence-corrected chi connectivity index (χ4v) is 3.59. The Kier molecular flexibility index (Phi) is 6.38. The van der Waals surface area contributed by atoms with Gasteiger partial charge in [-0.15, -0.1) is 0 Å². The van der Waals surface area contributed by atoms with Gasteiger partial charge in [0, 0.05) is 5.02 Å². The number of benzene rings is 2. The lowest BCUT2D eigenvalue weighted by molar-refractivity contribution is -0.123. The molecule has 0 radical (unpaired) electrons. The largest absolute Gasteiger partial charge is 0.495 e. The average molecular weight is 483 g/mol. The van der Waals surface area contributed by atoms with Crippen molar-refractivity contribution in [3.63, 3.8) is 0 Å². The minimum atomic E-state index is -1.17. The molecule has 1 aliphatic heterocycles. The van der Waals surface area contributed by atoms with Crippen LogP contribution in [0, 0.1) is 0 Å². The number of hydrogen-bond donors (Lipinski definition) is 1. The van der Waals surface area contributed by atoms with Gasteiger partial charge in [-0.25, -0.2) is 4.79 Å². The molecule has 0 saturated carbocycles. The zero-order chi connectivity index (χ0) is 24.4. The predicted octanol–water partition coefficient (Wildman–Crippen LogP) is 3.92. The number of fused-ring (bicyclic) bond motifs is 1. The molecule has 0 aliphatic carbocycles. The molecule has 1 aliphatic rings. The summed E-state index contributed by atoms with van der Waals surface area (Å²) in [6.07, 6.45) is 0.277. The lowest BCUT2D eigenvalue weighted by Crippen LogP contribution is -2.30. The fourth-order valence-electron chi connectivity index (χ4n) is 3.41. The number of amides is 3. The SMILES string of the molecule is COc1ccc(Cl)cc1NC(=O)C(C)OC(=O)c1ccc2c(c1)C(=O)N(Cc1ccco1)C2=O. The molecule has 0 spiro atoms. The summed E-state index contributed by atoms with van der Waals surface area (Å²) in [6.45, 7) is 1.38. The van der Waals surface area contributed by atoms with Crippen LogP contribution >= 0.6 is 11.6 Å². The zero-order valence-corrected chi connectivity index (χ0v) is 18.9. The summed E-state index contributed by atoms with van der Waals surface area (Å²) >= 11 is 5.97. The molecule has 1 N–H and O–H groups in total. The third-order valence-electron chi connectivity index (χ3n) is 5.17. The number of esters is 1. The summed E-state index contributed by atoms with van der Waals surface area (Å²) in [5.74, 6) is -1.63. The monoisotopic (exact) mass is 482 g/mol. The van der Waals surface area contributed by atoms with Crippen LogP contribution < -0.4 is 10.1 Å². The highest BCUT2D eigenvalue weighted by Crippen LogP contribution is 2.28. The number of methoxy groups -OCH3 is 1. The lowest BCUT2D eigenvalue weighted by Gasteiger charge is -2.15. The Bertz CT molecular complexity index is 1290. The Morgan fingerprint density at radius 1 is 1.09 bits per heavy atom. The number of ether oxygens (including phenoxy) is 2. The normalized spacial score (nSPS) is 13.4. The van der Waals surface area contributed by atoms with Crippen molar-refractivity contribution in [1.82, 2.24) is 4.90 Å². The number of hydrogen-bond acceptors (Lipinski definition) is 7. The Balaban J connectivity index is 1.45. The molecule has 2 heterocycles. The summed E-state index contributed by atoms with van der Waals surface area (Å²) in [6, 6.07) is 12.0. The minimum absolute atomic E-state index is 0.0245. The fraction of sp³-hybridized carbons (Fsp3) is 0.167. The van der Waals surface area contributed by atoms with Crippen LogP contribution in [-0.2, 0) is 16.1 Å². The quantitative estimate of drug-likeness (QED) is 0.401. The topological polar surface area (TPSA) is 115 Å². The molecule has 0 fully saturated rings. The Labute approximate surface area is 199 Å². The number of carbonyl (C=O) groups excluding carboxylic acids is 4. The third kappa shape index (κ3) is 4.51. The molecule has 1 unspecified atom stereocenters. The molecule has 4 rings (SSSR count). The average Bonchev–Trinajstić information content (AvgIpc) is 3.42. The van der Waals surface area contributed by atoms with Gasteiger partial charge in [0.25, 0.3) is 17.7 Å². The van der Waals surface area contributed by atoms with Crippen molar-refractivity contribution in [1.29, 1.82) is 0 Å². The molecular weight excluding hydrogens is 464 g/mol. The van der Waals surface area contributed by atoms with E-state index in [1.807, 2.05) is 0 Å². The van der Waals surface area contributed by atoms with E-state index in [9.17, 15) is 19.2 Å². The highest BCUT2D eigenvalue weighted by atomic mass is 35.5. The maximum absolute atomic E-state index is 12.8. The van der Waals surface area contributed by atoms with Gasteiger partial charge in [-0.3, -0.25) is 19.3 Å². The van der Waals surface area contributed by atoms with Gasteiger partial charge in [0.05, 0.1) is 42.3 Å². The Hall–Kier alpha value is -4.11. The zero-order valence-electron chi connectivity index (χ0n) is 18.2. The number of halogens is 1. The number of nitrogens with one attached hydrogen (secondary N) is 1. The van der Waals surface area contributed by atoms with Crippen LogP contribution in [0.2, 0.25) is 5.02 Å². The standard InChI is InChI=1S/C24H19ClN2O7/c1-13(21(28)26-19-11-15(25)6-8-20(19)32-2)34-24(31)14-5-7-17-18(10-14)23(30)27(22(17)29)12-16-4-3-9-33-16/h3-11,13H,12H2,1-2H3,(H,26,28). The minimum Gasteiger partial charge on any atom is -0.495 e. The van der Waals surface area contributed by atoms with E-state index in [2.05, 4.69) is 5.32 Å². The number of rotatable bonds is 7. The first-order valence-corrected chi connectivity index (χ1v) is 10.5. The van der Waals surface area contributed by atoms with E-state index in [0.717, 1.165) is 4.90 Å². The summed E-state index contributed by atoms with van der Waals surface area (Å²) in [7, 11) is 1.44. The summed E-state index contributed by atoms with van der Waals surface area (Å²) in [5.41, 5.74) is 0.597. The molecule has 3 aromatic rings. The van der Waals surface area contributed by atoms with Gasteiger partial charge in [0.2, 0.25) is 0 Å². The summed E-state index contributed by atoms with van der Waals surface area (Å²) in [4.78, 5) is 51.6. The van der Waals surface area contributed by atoms with Gasteiger partial charge in [-0.1, -0.05) is 11.6 Å². The van der Waals surface area contributed by atoms with Crippen LogP contribution in [0.5, 0.6) is 5.75 Å². The van der Waals surface area contributed by atoms with E-state index < -0.39 is 29.8 Å². The van der Waals surface area contributed by atoms with E-state index in [1.54, 1.807) is 24.3 Å². The molecule has 10 heteroatoms. The van der Waals surface area contributed by atoms with Crippen molar-refractivity contribution in [3.05, 3.63) is 82.3 Å². The molecule has 2 aromatic carbocycles. The Morgan fingerprint density at radius 3 is 2.56 bits per heavy atom. The molecule has 0 bridgehead atoms. The lowest BCUT2D eigenvalue weighted by atomic mass is 10.1. The Morgan fingerprint density at radius 2 is 1.85 bits per heavy atom. The van der Waals surface area contributed by atoms with Crippen LogP contribution in [-0.4, -0.2) is 41.8 Å². The second kappa shape index (κ2) is 9.40. The van der Waals surface area contributed by atoms with Gasteiger partial charge in [0.1, 0.15) is 11.5 Å². The van der Waals surface area contributed by atoms with Gasteiger partial charge in [0.15, 0.2) is 6.10 Å². The number of furan rings is 1. The number of anilines is 1.